The van der Waals surface area contributed by atoms with Crippen LogP contribution >= 0.6 is 11.3 Å². The van der Waals surface area contributed by atoms with Crippen molar-refractivity contribution in [2.45, 2.75) is 25.8 Å². The van der Waals surface area contributed by atoms with Crippen molar-refractivity contribution in [3.63, 3.8) is 0 Å². The second-order valence-electron chi connectivity index (χ2n) is 7.48. The van der Waals surface area contributed by atoms with E-state index in [4.69, 9.17) is 0 Å². The topological polar surface area (TPSA) is 55.4 Å². The number of piperidine rings is 1. The summed E-state index contributed by atoms with van der Waals surface area (Å²) in [5.74, 6) is -0.395. The maximum absolute atomic E-state index is 14.4. The van der Waals surface area contributed by atoms with Gasteiger partial charge in [0.1, 0.15) is 10.5 Å². The number of imidazole rings is 1. The molecule has 1 saturated heterocycles. The molecule has 1 fully saturated rings. The highest BCUT2D eigenvalue weighted by Crippen LogP contribution is 2.30. The molecule has 0 aliphatic carbocycles. The maximum Gasteiger partial charge on any atom is 0.278 e. The third kappa shape index (κ3) is 2.84. The average molecular weight is 397 g/mol. The smallest absolute Gasteiger partial charge is 0.278 e. The lowest BCUT2D eigenvalue weighted by molar-refractivity contribution is 0.219. The zero-order chi connectivity index (χ0) is 19.4. The van der Waals surface area contributed by atoms with Crippen LogP contribution in [0, 0.1) is 12.7 Å². The summed E-state index contributed by atoms with van der Waals surface area (Å²) in [6.45, 7) is 3.80. The molecular formula is C20H20FN5OS. The number of aromatic nitrogens is 4. The van der Waals surface area contributed by atoms with Gasteiger partial charge in [0.25, 0.3) is 5.56 Å². The molecule has 0 radical (unpaired) electrons. The fourth-order valence-electron chi connectivity index (χ4n) is 3.92. The first-order chi connectivity index (χ1) is 13.5. The van der Waals surface area contributed by atoms with Gasteiger partial charge in [-0.3, -0.25) is 4.79 Å². The molecule has 5 rings (SSSR count). The Morgan fingerprint density at radius 1 is 1.21 bits per heavy atom. The fraction of sp³-hybridized carbons (Fsp3) is 0.350. The maximum atomic E-state index is 14.4. The Hall–Kier alpha value is -2.58. The van der Waals surface area contributed by atoms with Gasteiger partial charge in [0.05, 0.1) is 10.4 Å². The summed E-state index contributed by atoms with van der Waals surface area (Å²) in [6.07, 6.45) is 7.39. The Morgan fingerprint density at radius 3 is 2.79 bits per heavy atom. The molecule has 4 aromatic rings. The molecule has 0 unspecified atom stereocenters. The van der Waals surface area contributed by atoms with Gasteiger partial charge in [0, 0.05) is 30.2 Å². The van der Waals surface area contributed by atoms with Crippen LogP contribution in [0.1, 0.15) is 24.6 Å². The predicted octanol–water partition coefficient (Wildman–Crippen LogP) is 3.49. The SMILES string of the molecule is Cc1cn2cc(-c3nc4c(=O)n(C5CCN(C)CC5)ccc4s3)cc(F)c2n1. The largest absolute Gasteiger partial charge is 0.310 e. The van der Waals surface area contributed by atoms with E-state index in [0.717, 1.165) is 36.3 Å². The first-order valence-electron chi connectivity index (χ1n) is 9.35. The van der Waals surface area contributed by atoms with Gasteiger partial charge in [0.2, 0.25) is 0 Å². The van der Waals surface area contributed by atoms with Gasteiger partial charge in [-0.25, -0.2) is 14.4 Å². The molecule has 0 spiro atoms. The molecule has 0 saturated carbocycles. The monoisotopic (exact) mass is 397 g/mol. The van der Waals surface area contributed by atoms with Crippen LogP contribution in [0.4, 0.5) is 4.39 Å². The summed E-state index contributed by atoms with van der Waals surface area (Å²) in [7, 11) is 2.10. The normalized spacial score (nSPS) is 16.4. The number of rotatable bonds is 2. The number of aryl methyl sites for hydroxylation is 1. The Bertz CT molecular complexity index is 1250. The summed E-state index contributed by atoms with van der Waals surface area (Å²) in [5.41, 5.74) is 2.10. The highest BCUT2D eigenvalue weighted by atomic mass is 32.1. The van der Waals surface area contributed by atoms with Crippen molar-refractivity contribution < 1.29 is 4.39 Å². The summed E-state index contributed by atoms with van der Waals surface area (Å²) in [4.78, 5) is 24.1. The number of nitrogens with zero attached hydrogens (tertiary/aromatic N) is 5. The number of hydrogen-bond donors (Lipinski definition) is 0. The second kappa shape index (κ2) is 6.49. The molecule has 1 aliphatic heterocycles. The van der Waals surface area contributed by atoms with Crippen molar-refractivity contribution in [2.24, 2.45) is 0 Å². The summed E-state index contributed by atoms with van der Waals surface area (Å²) >= 11 is 1.41. The van der Waals surface area contributed by atoms with E-state index in [1.807, 2.05) is 30.0 Å². The molecule has 6 nitrogen and oxygen atoms in total. The van der Waals surface area contributed by atoms with Gasteiger partial charge in [-0.15, -0.1) is 11.3 Å². The van der Waals surface area contributed by atoms with E-state index in [1.54, 1.807) is 10.6 Å². The van der Waals surface area contributed by atoms with E-state index in [-0.39, 0.29) is 11.6 Å². The molecule has 0 N–H and O–H groups in total. The fourth-order valence-corrected chi connectivity index (χ4v) is 4.85. The molecule has 8 heteroatoms. The molecule has 0 atom stereocenters. The Balaban J connectivity index is 1.59. The first-order valence-corrected chi connectivity index (χ1v) is 10.2. The van der Waals surface area contributed by atoms with Crippen LogP contribution in [0.5, 0.6) is 0 Å². The van der Waals surface area contributed by atoms with Crippen LogP contribution in [-0.2, 0) is 0 Å². The van der Waals surface area contributed by atoms with Crippen molar-refractivity contribution in [3.05, 3.63) is 52.6 Å². The van der Waals surface area contributed by atoms with Crippen LogP contribution in [0.2, 0.25) is 0 Å². The summed E-state index contributed by atoms with van der Waals surface area (Å²) in [6, 6.07) is 3.60. The number of thiazole rings is 1. The summed E-state index contributed by atoms with van der Waals surface area (Å²) in [5, 5.41) is 0.639. The number of likely N-dealkylation sites (tertiary alicyclic amines) is 1. The molecule has 0 bridgehead atoms. The van der Waals surface area contributed by atoms with E-state index in [2.05, 4.69) is 21.9 Å². The van der Waals surface area contributed by atoms with E-state index in [1.165, 1.54) is 17.4 Å². The minimum Gasteiger partial charge on any atom is -0.310 e. The number of fused-ring (bicyclic) bond motifs is 2. The molecule has 0 amide bonds. The second-order valence-corrected chi connectivity index (χ2v) is 8.52. The highest BCUT2D eigenvalue weighted by Gasteiger charge is 2.21. The lowest BCUT2D eigenvalue weighted by Gasteiger charge is -2.30. The quantitative estimate of drug-likeness (QED) is 0.520. The van der Waals surface area contributed by atoms with E-state index in [9.17, 15) is 9.18 Å². The van der Waals surface area contributed by atoms with E-state index in [0.29, 0.717) is 21.7 Å². The van der Waals surface area contributed by atoms with Crippen LogP contribution in [-0.4, -0.2) is 44.0 Å². The zero-order valence-corrected chi connectivity index (χ0v) is 16.5. The molecule has 5 heterocycles. The molecule has 1 aliphatic rings. The van der Waals surface area contributed by atoms with Crippen molar-refractivity contribution in [3.8, 4) is 10.6 Å². The van der Waals surface area contributed by atoms with Gasteiger partial charge >= 0.3 is 0 Å². The highest BCUT2D eigenvalue weighted by molar-refractivity contribution is 7.21. The number of halogens is 1. The lowest BCUT2D eigenvalue weighted by atomic mass is 10.1. The molecular weight excluding hydrogens is 377 g/mol. The average Bonchev–Trinajstić information content (AvgIpc) is 3.27. The van der Waals surface area contributed by atoms with Crippen molar-refractivity contribution >= 4 is 27.2 Å². The molecule has 144 valence electrons. The Kier molecular flexibility index (Phi) is 4.06. The van der Waals surface area contributed by atoms with Crippen LogP contribution in [0.15, 0.2) is 35.5 Å². The third-order valence-electron chi connectivity index (χ3n) is 5.43. The van der Waals surface area contributed by atoms with E-state index >= 15 is 0 Å². The number of pyridine rings is 2. The standard InChI is InChI=1S/C20H20FN5OS/c1-12-10-25-11-13(9-15(21)18(25)22-12)19-23-17-16(28-19)5-8-26(20(17)27)14-3-6-24(2)7-4-14/h5,8-11,14H,3-4,6-7H2,1-2H3. The van der Waals surface area contributed by atoms with E-state index < -0.39 is 5.82 Å². The van der Waals surface area contributed by atoms with Crippen molar-refractivity contribution in [1.29, 1.82) is 0 Å². The molecule has 0 aromatic carbocycles. The molecule has 28 heavy (non-hydrogen) atoms. The predicted molar refractivity (Wildman–Crippen MR) is 109 cm³/mol. The summed E-state index contributed by atoms with van der Waals surface area (Å²) < 4.78 is 18.8. The van der Waals surface area contributed by atoms with Gasteiger partial charge in [0.15, 0.2) is 11.5 Å². The number of hydrogen-bond acceptors (Lipinski definition) is 5. The minimum atomic E-state index is -0.395. The Labute approximate surface area is 164 Å². The van der Waals surface area contributed by atoms with Crippen LogP contribution in [0.3, 0.4) is 0 Å². The third-order valence-corrected chi connectivity index (χ3v) is 6.50. The van der Waals surface area contributed by atoms with Gasteiger partial charge in [-0.05, 0) is 52.0 Å². The van der Waals surface area contributed by atoms with Crippen molar-refractivity contribution in [1.82, 2.24) is 23.8 Å². The first kappa shape index (κ1) is 17.5. The van der Waals surface area contributed by atoms with Crippen LogP contribution in [0.25, 0.3) is 26.4 Å². The Morgan fingerprint density at radius 2 is 2.00 bits per heavy atom. The van der Waals surface area contributed by atoms with Gasteiger partial charge in [-0.2, -0.15) is 0 Å². The minimum absolute atomic E-state index is 0.0606. The van der Waals surface area contributed by atoms with Gasteiger partial charge < -0.3 is 13.9 Å². The van der Waals surface area contributed by atoms with Crippen molar-refractivity contribution in [2.75, 3.05) is 20.1 Å². The molecule has 4 aromatic heterocycles. The van der Waals surface area contributed by atoms with Crippen LogP contribution < -0.4 is 5.56 Å². The zero-order valence-electron chi connectivity index (χ0n) is 15.7. The van der Waals surface area contributed by atoms with Gasteiger partial charge in [-0.1, -0.05) is 0 Å². The lowest BCUT2D eigenvalue weighted by Crippen LogP contribution is -2.35.